The van der Waals surface area contributed by atoms with Crippen LogP contribution in [0.5, 0.6) is 0 Å². The Hall–Kier alpha value is -9.02. The van der Waals surface area contributed by atoms with Crippen LogP contribution in [0.15, 0.2) is 35.3 Å². The molecule has 0 unspecified atom stereocenters. The molecule has 1 saturated heterocycles. The molecule has 11 amide bonds. The normalized spacial score (nSPS) is 23.2. The molecule has 23 N–H and O–H groups in total. The number of aliphatic hydroxyl groups excluding tert-OH is 4. The van der Waals surface area contributed by atoms with Gasteiger partial charge in [0, 0.05) is 6.54 Å². The Morgan fingerprint density at radius 2 is 1.03 bits per heavy atom. The number of halogens is 6. The van der Waals surface area contributed by atoms with Crippen molar-refractivity contribution >= 4 is 82.9 Å². The zero-order valence-electron chi connectivity index (χ0n) is 60.5. The number of nitrogens with one attached hydrogen (secondary N) is 11. The Labute approximate surface area is 597 Å². The predicted octanol–water partition coefficient (Wildman–Crippen LogP) is -2.28. The number of nitrogens with two attached hydrogens (primary N) is 3. The van der Waals surface area contributed by atoms with Gasteiger partial charge in [-0.15, -0.1) is 0 Å². The number of carboxylic acids is 2. The van der Waals surface area contributed by atoms with Crippen molar-refractivity contribution in [1.82, 2.24) is 58.5 Å². The summed E-state index contributed by atoms with van der Waals surface area (Å²) in [6, 6.07) is -10.8. The number of carboxylic acid groups (broad SMARTS) is 2. The van der Waals surface area contributed by atoms with E-state index in [4.69, 9.17) is 37.0 Å². The van der Waals surface area contributed by atoms with Crippen LogP contribution in [-0.4, -0.2) is 224 Å². The summed E-state index contributed by atoms with van der Waals surface area (Å²) in [6.07, 6.45) is -15.1. The first-order valence-corrected chi connectivity index (χ1v) is 33.0. The quantitative estimate of drug-likeness (QED) is 0.0283. The number of nitrogens with zero attached hydrogens (tertiary/aromatic N) is 1. The number of carbonyl (C=O) groups is 13. The zero-order chi connectivity index (χ0) is 80.9. The van der Waals surface area contributed by atoms with Crippen LogP contribution < -0.4 is 75.7 Å². The van der Waals surface area contributed by atoms with Crippen LogP contribution in [-0.2, 0) is 62.3 Å². The molecule has 2 rings (SSSR count). The molecule has 0 aromatic heterocycles. The largest absolute Gasteiger partial charge is 0.490 e. The van der Waals surface area contributed by atoms with E-state index in [0.717, 1.165) is 13.8 Å². The number of hydrogen-bond acceptors (Lipinski definition) is 19. The fourth-order valence-electron chi connectivity index (χ4n) is 9.59. The molecule has 1 aliphatic heterocycles. The van der Waals surface area contributed by atoms with E-state index in [-0.39, 0.29) is 62.5 Å². The van der Waals surface area contributed by atoms with Crippen LogP contribution in [0.3, 0.4) is 0 Å². The zero-order valence-corrected chi connectivity index (χ0v) is 60.5. The maximum absolute atomic E-state index is 15.5. The lowest BCUT2D eigenvalue weighted by molar-refractivity contribution is -0.193. The summed E-state index contributed by atoms with van der Waals surface area (Å²) >= 11 is 0. The first-order chi connectivity index (χ1) is 47.6. The van der Waals surface area contributed by atoms with E-state index in [1.807, 2.05) is 20.8 Å². The fourth-order valence-corrected chi connectivity index (χ4v) is 9.59. The van der Waals surface area contributed by atoms with Crippen molar-refractivity contribution in [3.05, 3.63) is 35.9 Å². The van der Waals surface area contributed by atoms with Gasteiger partial charge < -0.3 is 106 Å². The van der Waals surface area contributed by atoms with Crippen LogP contribution in [0.2, 0.25) is 0 Å². The van der Waals surface area contributed by atoms with E-state index in [9.17, 15) is 94.7 Å². The summed E-state index contributed by atoms with van der Waals surface area (Å²) in [4.78, 5) is 180. The molecule has 104 heavy (non-hydrogen) atoms. The molecule has 1 aliphatic rings. The molecule has 1 fully saturated rings. The second-order valence-electron chi connectivity index (χ2n) is 28.0. The number of amides is 11. The number of aliphatic carboxylic acids is 2. The van der Waals surface area contributed by atoms with Gasteiger partial charge in [0.1, 0.15) is 54.4 Å². The Morgan fingerprint density at radius 3 is 1.48 bits per heavy atom. The average molecular weight is 1500 g/mol. The van der Waals surface area contributed by atoms with E-state index in [1.165, 1.54) is 38.1 Å². The van der Waals surface area contributed by atoms with Crippen molar-refractivity contribution in [2.24, 2.45) is 50.8 Å². The van der Waals surface area contributed by atoms with Crippen molar-refractivity contribution in [1.29, 1.82) is 0 Å². The second kappa shape index (κ2) is 43.3. The van der Waals surface area contributed by atoms with E-state index in [2.05, 4.69) is 63.5 Å². The molecule has 34 nitrogen and oxygen atoms in total. The van der Waals surface area contributed by atoms with Crippen LogP contribution in [0, 0.1) is 28.6 Å². The molecule has 1 aromatic rings. The van der Waals surface area contributed by atoms with Gasteiger partial charge in [-0.3, -0.25) is 57.7 Å². The standard InChI is InChI=1S/C60H103N15O15.2C2HF3O2/c1-15-31(6)41-54(87)72-42(32(7)77)53(86)65-27-40(79)70-43(33(8)78)55(88)69-39(28-76)52(85)73-44(34-20-17-16-18-21-34)45(74-51(84)38(26-60(12,13)14)68-48(81)35(61)25-59(9,10)11)56(89)75-46(47(80)30(4)5)57(90)67-37(24-29(2)3)50(83)66-36(49(82)71-41)22-19-23-64-58(62)63;2*3-2(4,5)1(6)7/h16-18,20-21,29-33,35-39,41-47,76-78,80H,15,19,22-28,61H2,1-14H3,(H,65,86)(H,66,83)(H,67,90)(H,68,81)(H,69,88)(H,70,79)(H,71,82)(H,72,87)(H,73,85)(H,74,84)(H,75,89)(H4,62,63,64);2*(H,6,7)/t31-,32-,33-,35+,36+,37-,38-,39-,41-,42-,43-,44+,45-,46-,47+;;/m0../s1. The number of carbonyl (C=O) groups excluding carboxylic acids is 11. The van der Waals surface area contributed by atoms with Gasteiger partial charge in [-0.25, -0.2) is 9.59 Å². The highest BCUT2D eigenvalue weighted by molar-refractivity contribution is 6.00. The van der Waals surface area contributed by atoms with Gasteiger partial charge in [-0.2, -0.15) is 26.3 Å². The molecule has 0 saturated carbocycles. The number of alkyl halides is 6. The first-order valence-electron chi connectivity index (χ1n) is 33.0. The molecule has 592 valence electrons. The molecule has 1 heterocycles. The number of rotatable bonds is 20. The number of guanidine groups is 1. The molecule has 0 spiro atoms. The molecule has 0 aliphatic carbocycles. The van der Waals surface area contributed by atoms with Crippen molar-refractivity contribution in [3.63, 3.8) is 0 Å². The van der Waals surface area contributed by atoms with E-state index < -0.39 is 210 Å². The summed E-state index contributed by atoms with van der Waals surface area (Å²) in [5, 5.41) is 86.0. The highest BCUT2D eigenvalue weighted by Crippen LogP contribution is 2.25. The molecule has 0 bridgehead atoms. The van der Waals surface area contributed by atoms with E-state index in [0.29, 0.717) is 0 Å². The van der Waals surface area contributed by atoms with Crippen molar-refractivity contribution in [3.8, 4) is 0 Å². The van der Waals surface area contributed by atoms with Crippen molar-refractivity contribution in [2.45, 2.75) is 233 Å². The van der Waals surface area contributed by atoms with Crippen LogP contribution in [0.25, 0.3) is 0 Å². The van der Waals surface area contributed by atoms with Crippen LogP contribution >= 0.6 is 0 Å². The highest BCUT2D eigenvalue weighted by atomic mass is 19.4. The molecule has 40 heteroatoms. The lowest BCUT2D eigenvalue weighted by Crippen LogP contribution is -2.65. The summed E-state index contributed by atoms with van der Waals surface area (Å²) in [5.41, 5.74) is 16.5. The molecule has 0 radical (unpaired) electrons. The lowest BCUT2D eigenvalue weighted by Gasteiger charge is -2.35. The monoisotopic (exact) mass is 1500 g/mol. The minimum absolute atomic E-state index is 0.0241. The van der Waals surface area contributed by atoms with Gasteiger partial charge in [0.2, 0.25) is 65.0 Å². The predicted molar refractivity (Wildman–Crippen MR) is 361 cm³/mol. The van der Waals surface area contributed by atoms with Crippen LogP contribution in [0.4, 0.5) is 26.3 Å². The third-order valence-electron chi connectivity index (χ3n) is 15.2. The maximum atomic E-state index is 15.5. The third kappa shape index (κ3) is 35.4. The number of aliphatic imine (C=N–C) groups is 1. The summed E-state index contributed by atoms with van der Waals surface area (Å²) in [5.74, 6) is -19.2. The number of aliphatic hydroxyl groups is 4. The average Bonchev–Trinajstić information content (AvgIpc) is 0.802. The molecular weight excluding hydrogens is 1400 g/mol. The molecule has 1 aromatic carbocycles. The van der Waals surface area contributed by atoms with Gasteiger partial charge in [-0.05, 0) is 80.1 Å². The van der Waals surface area contributed by atoms with Crippen molar-refractivity contribution < 1.29 is 119 Å². The number of hydrogen-bond donors (Lipinski definition) is 20. The lowest BCUT2D eigenvalue weighted by atomic mass is 9.86. The van der Waals surface area contributed by atoms with Gasteiger partial charge in [-0.1, -0.05) is 120 Å². The van der Waals surface area contributed by atoms with E-state index >= 15 is 4.79 Å². The minimum atomic E-state index is -5.08. The van der Waals surface area contributed by atoms with Gasteiger partial charge in [0.15, 0.2) is 5.96 Å². The Morgan fingerprint density at radius 1 is 0.587 bits per heavy atom. The maximum Gasteiger partial charge on any atom is 0.490 e. The second-order valence-corrected chi connectivity index (χ2v) is 28.0. The smallest absolute Gasteiger partial charge is 0.475 e. The Kier molecular flexibility index (Phi) is 39.5. The minimum Gasteiger partial charge on any atom is -0.475 e. The molecule has 15 atom stereocenters. The third-order valence-corrected chi connectivity index (χ3v) is 15.2. The van der Waals surface area contributed by atoms with Gasteiger partial charge >= 0.3 is 24.3 Å². The van der Waals surface area contributed by atoms with Gasteiger partial charge in [0.25, 0.3) is 0 Å². The summed E-state index contributed by atoms with van der Waals surface area (Å²) < 4.78 is 63.5. The van der Waals surface area contributed by atoms with E-state index in [1.54, 1.807) is 54.5 Å². The number of benzene rings is 1. The van der Waals surface area contributed by atoms with Crippen molar-refractivity contribution in [2.75, 3.05) is 19.7 Å². The Balaban J connectivity index is 0.00000682. The topological polar surface area (TPSA) is 566 Å². The summed E-state index contributed by atoms with van der Waals surface area (Å²) in [6.45, 7) is 20.9. The Bertz CT molecular complexity index is 3050. The van der Waals surface area contributed by atoms with Crippen LogP contribution in [0.1, 0.15) is 147 Å². The molecular formula is C64H105F6N15O19. The fraction of sp³-hybridized carbons (Fsp3) is 0.688. The first kappa shape index (κ1) is 95.0. The summed E-state index contributed by atoms with van der Waals surface area (Å²) in [7, 11) is 0. The SMILES string of the molecule is CC[C@H](C)[C@@H]1NC(=O)[C@@H](CCCN=C(N)N)NC(=O)[C@H](CC(C)C)NC(=O)[C@H]([C@H](O)C(C)C)NC(=O)[C@@H](NC(=O)[C@H](CC(C)(C)C)NC(=O)[C@H](N)CC(C)(C)C)[C@@H](c2ccccc2)NC(=O)[C@H](CO)NC(=O)[C@H]([C@H](C)O)NC(=O)CNC(=O)[C@H]([C@H](C)O)NC1=O.O=C(O)C(F)(F)F.O=C(O)C(F)(F)F. The highest BCUT2D eigenvalue weighted by Gasteiger charge is 2.44. The van der Waals surface area contributed by atoms with Gasteiger partial charge in [0.05, 0.1) is 43.5 Å².